The van der Waals surface area contributed by atoms with E-state index in [1.165, 1.54) is 11.1 Å². The van der Waals surface area contributed by atoms with Gasteiger partial charge in [-0.1, -0.05) is 54.6 Å². The van der Waals surface area contributed by atoms with Crippen LogP contribution in [0, 0.1) is 0 Å². The van der Waals surface area contributed by atoms with Crippen molar-refractivity contribution in [3.63, 3.8) is 0 Å². The van der Waals surface area contributed by atoms with Crippen molar-refractivity contribution in [3.8, 4) is 11.4 Å². The van der Waals surface area contributed by atoms with E-state index in [9.17, 15) is 4.79 Å². The van der Waals surface area contributed by atoms with E-state index in [1.54, 1.807) is 6.07 Å². The standard InChI is InChI=1S/C23H25N3O2/c27-22-16-21(11-8-18-4-2-1-3-5-18)24-23(25-22)20-9-6-19(7-10-20)17-26-12-14-28-15-13-26/h1-7,9-10,16H,8,11-15,17H2,(H,24,25,27). The van der Waals surface area contributed by atoms with Crippen molar-refractivity contribution in [2.24, 2.45) is 0 Å². The summed E-state index contributed by atoms with van der Waals surface area (Å²) in [6.07, 6.45) is 1.62. The zero-order chi connectivity index (χ0) is 19.2. The molecule has 0 amide bonds. The molecule has 0 aliphatic carbocycles. The molecule has 5 nitrogen and oxygen atoms in total. The Labute approximate surface area is 165 Å². The monoisotopic (exact) mass is 375 g/mol. The largest absolute Gasteiger partial charge is 0.379 e. The first-order valence-corrected chi connectivity index (χ1v) is 9.80. The SMILES string of the molecule is O=c1cc(CCc2ccccc2)nc(-c2ccc(CN3CCOCC3)cc2)[nH]1. The molecule has 3 aromatic rings. The van der Waals surface area contributed by atoms with Crippen molar-refractivity contribution in [1.29, 1.82) is 0 Å². The highest BCUT2D eigenvalue weighted by Crippen LogP contribution is 2.17. The number of H-pyrrole nitrogens is 1. The second kappa shape index (κ2) is 8.95. The predicted octanol–water partition coefficient (Wildman–Crippen LogP) is 3.05. The van der Waals surface area contributed by atoms with Gasteiger partial charge in [0.05, 0.1) is 13.2 Å². The second-order valence-electron chi connectivity index (χ2n) is 7.16. The molecule has 4 rings (SSSR count). The molecular formula is C23H25N3O2. The Kier molecular flexibility index (Phi) is 5.95. The maximum Gasteiger partial charge on any atom is 0.251 e. The summed E-state index contributed by atoms with van der Waals surface area (Å²) >= 11 is 0. The Hall–Kier alpha value is -2.76. The number of aromatic amines is 1. The topological polar surface area (TPSA) is 58.2 Å². The van der Waals surface area contributed by atoms with Crippen molar-refractivity contribution in [2.45, 2.75) is 19.4 Å². The predicted molar refractivity (Wildman–Crippen MR) is 110 cm³/mol. The zero-order valence-electron chi connectivity index (χ0n) is 15.9. The Morgan fingerprint density at radius 2 is 1.68 bits per heavy atom. The van der Waals surface area contributed by atoms with Crippen LogP contribution in [0.15, 0.2) is 65.5 Å². The quantitative estimate of drug-likeness (QED) is 0.719. The maximum atomic E-state index is 12.1. The summed E-state index contributed by atoms with van der Waals surface area (Å²) in [5, 5.41) is 0. The fourth-order valence-electron chi connectivity index (χ4n) is 3.48. The minimum absolute atomic E-state index is 0.106. The Morgan fingerprint density at radius 1 is 0.929 bits per heavy atom. The highest BCUT2D eigenvalue weighted by molar-refractivity contribution is 5.55. The van der Waals surface area contributed by atoms with Crippen LogP contribution in [0.2, 0.25) is 0 Å². The normalized spacial score (nSPS) is 14.9. The van der Waals surface area contributed by atoms with Crippen molar-refractivity contribution in [3.05, 3.63) is 87.8 Å². The van der Waals surface area contributed by atoms with Gasteiger partial charge in [0.25, 0.3) is 5.56 Å². The lowest BCUT2D eigenvalue weighted by molar-refractivity contribution is 0.0342. The average molecular weight is 375 g/mol. The third kappa shape index (κ3) is 4.94. The molecule has 0 spiro atoms. The van der Waals surface area contributed by atoms with Gasteiger partial charge in [-0.15, -0.1) is 0 Å². The molecule has 0 atom stereocenters. The molecule has 2 aromatic carbocycles. The highest BCUT2D eigenvalue weighted by Gasteiger charge is 2.11. The number of rotatable bonds is 6. The number of morpholine rings is 1. The molecule has 1 N–H and O–H groups in total. The summed E-state index contributed by atoms with van der Waals surface area (Å²) in [7, 11) is 0. The lowest BCUT2D eigenvalue weighted by Gasteiger charge is -2.26. The van der Waals surface area contributed by atoms with Crippen LogP contribution in [-0.2, 0) is 24.1 Å². The molecule has 1 fully saturated rings. The van der Waals surface area contributed by atoms with Gasteiger partial charge in [-0.25, -0.2) is 4.98 Å². The van der Waals surface area contributed by atoms with Crippen LogP contribution in [0.25, 0.3) is 11.4 Å². The number of hydrogen-bond donors (Lipinski definition) is 1. The van der Waals surface area contributed by atoms with E-state index in [2.05, 4.69) is 39.1 Å². The summed E-state index contributed by atoms with van der Waals surface area (Å²) in [6.45, 7) is 4.48. The molecular weight excluding hydrogens is 350 g/mol. The van der Waals surface area contributed by atoms with Gasteiger partial charge in [0.15, 0.2) is 0 Å². The first-order chi connectivity index (χ1) is 13.8. The van der Waals surface area contributed by atoms with E-state index in [1.807, 2.05) is 30.3 Å². The molecule has 144 valence electrons. The maximum absolute atomic E-state index is 12.1. The first-order valence-electron chi connectivity index (χ1n) is 9.80. The van der Waals surface area contributed by atoms with Crippen LogP contribution >= 0.6 is 0 Å². The zero-order valence-corrected chi connectivity index (χ0v) is 15.9. The number of aryl methyl sites for hydroxylation is 2. The van der Waals surface area contributed by atoms with Gasteiger partial charge in [-0.05, 0) is 24.0 Å². The van der Waals surface area contributed by atoms with Crippen molar-refractivity contribution in [2.75, 3.05) is 26.3 Å². The van der Waals surface area contributed by atoms with Crippen LogP contribution in [0.4, 0.5) is 0 Å². The highest BCUT2D eigenvalue weighted by atomic mass is 16.5. The Morgan fingerprint density at radius 3 is 2.43 bits per heavy atom. The fraction of sp³-hybridized carbons (Fsp3) is 0.304. The molecule has 5 heteroatoms. The summed E-state index contributed by atoms with van der Waals surface area (Å²) in [4.78, 5) is 22.1. The molecule has 1 aliphatic rings. The van der Waals surface area contributed by atoms with Crippen molar-refractivity contribution < 1.29 is 4.74 Å². The lowest BCUT2D eigenvalue weighted by Crippen LogP contribution is -2.35. The summed E-state index contributed by atoms with van der Waals surface area (Å²) in [6, 6.07) is 20.2. The van der Waals surface area contributed by atoms with E-state index in [4.69, 9.17) is 4.74 Å². The van der Waals surface area contributed by atoms with Gasteiger partial charge >= 0.3 is 0 Å². The third-order valence-corrected chi connectivity index (χ3v) is 5.04. The van der Waals surface area contributed by atoms with Gasteiger partial charge in [0.2, 0.25) is 0 Å². The number of ether oxygens (including phenoxy) is 1. The van der Waals surface area contributed by atoms with Crippen LogP contribution < -0.4 is 5.56 Å². The van der Waals surface area contributed by atoms with E-state index in [-0.39, 0.29) is 5.56 Å². The number of hydrogen-bond acceptors (Lipinski definition) is 4. The summed E-state index contributed by atoms with van der Waals surface area (Å²) in [5.74, 6) is 0.633. The molecule has 0 unspecified atom stereocenters. The van der Waals surface area contributed by atoms with Crippen molar-refractivity contribution >= 4 is 0 Å². The summed E-state index contributed by atoms with van der Waals surface area (Å²) in [5.41, 5.74) is 4.15. The first kappa shape index (κ1) is 18.6. The van der Waals surface area contributed by atoms with Crippen LogP contribution in [0.5, 0.6) is 0 Å². The van der Waals surface area contributed by atoms with Gasteiger partial charge in [-0.3, -0.25) is 9.69 Å². The molecule has 2 heterocycles. The van der Waals surface area contributed by atoms with Crippen LogP contribution in [0.1, 0.15) is 16.8 Å². The van der Waals surface area contributed by atoms with Crippen LogP contribution in [-0.4, -0.2) is 41.2 Å². The average Bonchev–Trinajstić information content (AvgIpc) is 2.74. The van der Waals surface area contributed by atoms with Gasteiger partial charge < -0.3 is 9.72 Å². The molecule has 1 saturated heterocycles. The Balaban J connectivity index is 1.45. The van der Waals surface area contributed by atoms with E-state index < -0.39 is 0 Å². The lowest BCUT2D eigenvalue weighted by atomic mass is 10.1. The minimum atomic E-state index is -0.106. The van der Waals surface area contributed by atoms with E-state index in [0.29, 0.717) is 5.82 Å². The van der Waals surface area contributed by atoms with Gasteiger partial charge in [-0.2, -0.15) is 0 Å². The molecule has 1 aliphatic heterocycles. The summed E-state index contributed by atoms with van der Waals surface area (Å²) < 4.78 is 5.40. The van der Waals surface area contributed by atoms with Gasteiger partial charge in [0, 0.05) is 37.0 Å². The number of nitrogens with zero attached hydrogens (tertiary/aromatic N) is 2. The molecule has 0 saturated carbocycles. The minimum Gasteiger partial charge on any atom is -0.379 e. The number of nitrogens with one attached hydrogen (secondary N) is 1. The molecule has 1 aromatic heterocycles. The second-order valence-corrected chi connectivity index (χ2v) is 7.16. The number of benzene rings is 2. The van der Waals surface area contributed by atoms with E-state index in [0.717, 1.165) is 56.9 Å². The fourth-order valence-corrected chi connectivity index (χ4v) is 3.48. The third-order valence-electron chi connectivity index (χ3n) is 5.04. The smallest absolute Gasteiger partial charge is 0.251 e. The molecule has 28 heavy (non-hydrogen) atoms. The van der Waals surface area contributed by atoms with Crippen LogP contribution in [0.3, 0.4) is 0 Å². The van der Waals surface area contributed by atoms with E-state index >= 15 is 0 Å². The number of aromatic nitrogens is 2. The van der Waals surface area contributed by atoms with Crippen molar-refractivity contribution in [1.82, 2.24) is 14.9 Å². The van der Waals surface area contributed by atoms with Gasteiger partial charge in [0.1, 0.15) is 5.82 Å². The molecule has 0 radical (unpaired) electrons. The molecule has 0 bridgehead atoms. The Bertz CT molecular complexity index is 946.